The molecule has 0 aliphatic carbocycles. The van der Waals surface area contributed by atoms with Crippen LogP contribution in [0, 0.1) is 6.92 Å². The van der Waals surface area contributed by atoms with Crippen LogP contribution in [-0.4, -0.2) is 25.5 Å². The SMILES string of the molecule is Cc1ccc(S(=O)(=O)N2CC[C@H](c3ccccc3)O[C@H]2/C=C/c2ccccc2)cc1. The number of ether oxygens (including phenoxy) is 1. The minimum Gasteiger partial charge on any atom is -0.350 e. The van der Waals surface area contributed by atoms with E-state index < -0.39 is 16.3 Å². The normalized spacial score (nSPS) is 20.4. The van der Waals surface area contributed by atoms with E-state index in [2.05, 4.69) is 0 Å². The minimum atomic E-state index is -3.68. The van der Waals surface area contributed by atoms with Gasteiger partial charge in [0.15, 0.2) is 0 Å². The fraction of sp³-hybridized carbons (Fsp3) is 0.200. The third kappa shape index (κ3) is 4.54. The maximum Gasteiger partial charge on any atom is 0.245 e. The second-order valence-corrected chi connectivity index (χ2v) is 9.30. The molecular formula is C25H25NO3S. The summed E-state index contributed by atoms with van der Waals surface area (Å²) in [4.78, 5) is 0.285. The summed E-state index contributed by atoms with van der Waals surface area (Å²) < 4.78 is 34.5. The largest absolute Gasteiger partial charge is 0.350 e. The molecule has 0 bridgehead atoms. The molecule has 0 unspecified atom stereocenters. The maximum absolute atomic E-state index is 13.4. The summed E-state index contributed by atoms with van der Waals surface area (Å²) in [7, 11) is -3.68. The number of sulfonamides is 1. The lowest BCUT2D eigenvalue weighted by molar-refractivity contribution is -0.0813. The molecule has 1 saturated heterocycles. The molecule has 1 heterocycles. The molecule has 1 fully saturated rings. The molecule has 0 saturated carbocycles. The van der Waals surface area contributed by atoms with Gasteiger partial charge in [-0.1, -0.05) is 84.4 Å². The van der Waals surface area contributed by atoms with Crippen molar-refractivity contribution in [1.29, 1.82) is 0 Å². The van der Waals surface area contributed by atoms with Crippen molar-refractivity contribution in [3.8, 4) is 0 Å². The topological polar surface area (TPSA) is 46.6 Å². The summed E-state index contributed by atoms with van der Waals surface area (Å²) in [6.07, 6.45) is 3.51. The van der Waals surface area contributed by atoms with Crippen LogP contribution in [0.15, 0.2) is 95.9 Å². The zero-order chi connectivity index (χ0) is 21.0. The van der Waals surface area contributed by atoms with Crippen LogP contribution in [0.2, 0.25) is 0 Å². The Kier molecular flexibility index (Phi) is 6.13. The van der Waals surface area contributed by atoms with Gasteiger partial charge in [-0.25, -0.2) is 8.42 Å². The van der Waals surface area contributed by atoms with E-state index in [1.165, 1.54) is 4.31 Å². The predicted octanol–water partition coefficient (Wildman–Crippen LogP) is 5.19. The first-order chi connectivity index (χ1) is 14.5. The lowest BCUT2D eigenvalue weighted by Gasteiger charge is -2.37. The highest BCUT2D eigenvalue weighted by atomic mass is 32.2. The molecule has 0 aromatic heterocycles. The summed E-state index contributed by atoms with van der Waals surface area (Å²) in [5, 5.41) is 0. The summed E-state index contributed by atoms with van der Waals surface area (Å²) in [6.45, 7) is 2.33. The minimum absolute atomic E-state index is 0.152. The van der Waals surface area contributed by atoms with Gasteiger partial charge in [0.1, 0.15) is 6.23 Å². The molecule has 4 nitrogen and oxygen atoms in total. The van der Waals surface area contributed by atoms with E-state index in [4.69, 9.17) is 4.74 Å². The maximum atomic E-state index is 13.4. The van der Waals surface area contributed by atoms with Gasteiger partial charge in [0.25, 0.3) is 0 Å². The van der Waals surface area contributed by atoms with Crippen LogP contribution in [0.4, 0.5) is 0 Å². The van der Waals surface area contributed by atoms with Crippen LogP contribution in [0.1, 0.15) is 29.2 Å². The van der Waals surface area contributed by atoms with E-state index in [0.717, 1.165) is 16.7 Å². The van der Waals surface area contributed by atoms with Gasteiger partial charge in [0.2, 0.25) is 10.0 Å². The molecule has 3 aromatic carbocycles. The van der Waals surface area contributed by atoms with Crippen molar-refractivity contribution in [2.75, 3.05) is 6.54 Å². The molecule has 0 N–H and O–H groups in total. The number of aryl methyl sites for hydroxylation is 1. The van der Waals surface area contributed by atoms with E-state index in [0.29, 0.717) is 13.0 Å². The number of rotatable bonds is 5. The molecule has 0 radical (unpaired) electrons. The van der Waals surface area contributed by atoms with Crippen LogP contribution >= 0.6 is 0 Å². The number of hydrogen-bond donors (Lipinski definition) is 0. The van der Waals surface area contributed by atoms with Gasteiger partial charge in [-0.3, -0.25) is 0 Å². The van der Waals surface area contributed by atoms with E-state index >= 15 is 0 Å². The third-order valence-corrected chi connectivity index (χ3v) is 7.13. The van der Waals surface area contributed by atoms with Crippen molar-refractivity contribution in [3.63, 3.8) is 0 Å². The quantitative estimate of drug-likeness (QED) is 0.572. The van der Waals surface area contributed by atoms with Gasteiger partial charge < -0.3 is 4.74 Å². The monoisotopic (exact) mass is 419 g/mol. The Labute approximate surface area is 178 Å². The van der Waals surface area contributed by atoms with E-state index in [-0.39, 0.29) is 11.0 Å². The van der Waals surface area contributed by atoms with Crippen LogP contribution in [-0.2, 0) is 14.8 Å². The first-order valence-corrected chi connectivity index (χ1v) is 11.5. The zero-order valence-electron chi connectivity index (χ0n) is 16.9. The predicted molar refractivity (Wildman–Crippen MR) is 119 cm³/mol. The Morgan fingerprint density at radius 3 is 2.20 bits per heavy atom. The van der Waals surface area contributed by atoms with E-state index in [1.54, 1.807) is 12.1 Å². The molecule has 5 heteroatoms. The Morgan fingerprint density at radius 1 is 0.900 bits per heavy atom. The summed E-state index contributed by atoms with van der Waals surface area (Å²) in [5.74, 6) is 0. The Hall–Kier alpha value is -2.73. The highest BCUT2D eigenvalue weighted by molar-refractivity contribution is 7.89. The number of nitrogens with zero attached hydrogens (tertiary/aromatic N) is 1. The van der Waals surface area contributed by atoms with Crippen molar-refractivity contribution in [3.05, 3.63) is 108 Å². The highest BCUT2D eigenvalue weighted by Gasteiger charge is 2.36. The molecule has 154 valence electrons. The number of benzene rings is 3. The fourth-order valence-corrected chi connectivity index (χ4v) is 5.08. The smallest absolute Gasteiger partial charge is 0.245 e. The average molecular weight is 420 g/mol. The molecule has 3 aromatic rings. The van der Waals surface area contributed by atoms with Crippen LogP contribution in [0.5, 0.6) is 0 Å². The molecule has 0 spiro atoms. The van der Waals surface area contributed by atoms with Crippen LogP contribution in [0.25, 0.3) is 6.08 Å². The molecule has 1 aliphatic heterocycles. The van der Waals surface area contributed by atoms with E-state index in [1.807, 2.05) is 91.9 Å². The van der Waals surface area contributed by atoms with Gasteiger partial charge in [-0.15, -0.1) is 0 Å². The third-order valence-electron chi connectivity index (χ3n) is 5.25. The zero-order valence-corrected chi connectivity index (χ0v) is 17.7. The number of hydrogen-bond acceptors (Lipinski definition) is 3. The summed E-state index contributed by atoms with van der Waals surface area (Å²) >= 11 is 0. The van der Waals surface area contributed by atoms with Crippen molar-refractivity contribution < 1.29 is 13.2 Å². The van der Waals surface area contributed by atoms with Gasteiger partial charge in [0, 0.05) is 6.54 Å². The highest BCUT2D eigenvalue weighted by Crippen LogP contribution is 2.33. The van der Waals surface area contributed by atoms with Gasteiger partial charge in [0.05, 0.1) is 11.0 Å². The van der Waals surface area contributed by atoms with Crippen LogP contribution in [0.3, 0.4) is 0 Å². The Balaban J connectivity index is 1.65. The average Bonchev–Trinajstić information content (AvgIpc) is 2.79. The van der Waals surface area contributed by atoms with Crippen molar-refractivity contribution in [2.24, 2.45) is 0 Å². The fourth-order valence-electron chi connectivity index (χ4n) is 3.59. The van der Waals surface area contributed by atoms with Crippen LogP contribution < -0.4 is 0 Å². The molecule has 2 atom stereocenters. The van der Waals surface area contributed by atoms with Gasteiger partial charge >= 0.3 is 0 Å². The van der Waals surface area contributed by atoms with Crippen molar-refractivity contribution in [2.45, 2.75) is 30.6 Å². The van der Waals surface area contributed by atoms with Crippen molar-refractivity contribution in [1.82, 2.24) is 4.31 Å². The van der Waals surface area contributed by atoms with Crippen molar-refractivity contribution >= 4 is 16.1 Å². The molecule has 1 aliphatic rings. The lowest BCUT2D eigenvalue weighted by Crippen LogP contribution is -2.46. The molecule has 30 heavy (non-hydrogen) atoms. The second-order valence-electron chi connectivity index (χ2n) is 7.41. The lowest BCUT2D eigenvalue weighted by atomic mass is 10.1. The second kappa shape index (κ2) is 8.96. The first kappa shape index (κ1) is 20.5. The summed E-state index contributed by atoms with van der Waals surface area (Å²) in [5.41, 5.74) is 3.08. The van der Waals surface area contributed by atoms with Gasteiger partial charge in [-0.05, 0) is 42.7 Å². The standard InChI is InChI=1S/C25H25NO3S/c1-20-12-15-23(16-13-20)30(27,28)26-19-18-24(22-10-6-3-7-11-22)29-25(26)17-14-21-8-4-2-5-9-21/h2-17,24-25H,18-19H2,1H3/b17-14+/t24-,25+/m1/s1. The molecule has 0 amide bonds. The molecular weight excluding hydrogens is 394 g/mol. The Bertz CT molecular complexity index is 1090. The molecule has 4 rings (SSSR count). The Morgan fingerprint density at radius 2 is 1.53 bits per heavy atom. The first-order valence-electron chi connectivity index (χ1n) is 10.1. The van der Waals surface area contributed by atoms with E-state index in [9.17, 15) is 8.42 Å². The van der Waals surface area contributed by atoms with Gasteiger partial charge in [-0.2, -0.15) is 4.31 Å². The summed E-state index contributed by atoms with van der Waals surface area (Å²) in [6, 6.07) is 26.7.